The van der Waals surface area contributed by atoms with Crippen molar-refractivity contribution < 1.29 is 4.42 Å². The Morgan fingerprint density at radius 1 is 1.47 bits per heavy atom. The van der Waals surface area contributed by atoms with Crippen LogP contribution in [0.1, 0.15) is 12.0 Å². The van der Waals surface area contributed by atoms with E-state index in [2.05, 4.69) is 17.0 Å². The molecule has 0 fully saturated rings. The highest BCUT2D eigenvalue weighted by Crippen LogP contribution is 2.04. The molecular weight excluding hydrogens is 216 g/mol. The van der Waals surface area contributed by atoms with Crippen LogP contribution in [-0.4, -0.2) is 28.3 Å². The molecule has 0 unspecified atom stereocenters. The Morgan fingerprint density at radius 2 is 2.35 bits per heavy atom. The van der Waals surface area contributed by atoms with Crippen LogP contribution in [0.5, 0.6) is 0 Å². The smallest absolute Gasteiger partial charge is 0.145 e. The number of aryl methyl sites for hydroxylation is 1. The molecule has 2 N–H and O–H groups in total. The second kappa shape index (κ2) is 5.54. The number of furan rings is 1. The Hall–Kier alpha value is -1.75. The van der Waals surface area contributed by atoms with E-state index < -0.39 is 0 Å². The van der Waals surface area contributed by atoms with Crippen LogP contribution < -0.4 is 5.73 Å². The zero-order chi connectivity index (χ0) is 12.1. The van der Waals surface area contributed by atoms with Crippen LogP contribution in [0, 0.1) is 0 Å². The van der Waals surface area contributed by atoms with Crippen LogP contribution >= 0.6 is 0 Å². The summed E-state index contributed by atoms with van der Waals surface area (Å²) in [6, 6.07) is 3.81. The van der Waals surface area contributed by atoms with Crippen molar-refractivity contribution >= 4 is 5.82 Å². The maximum absolute atomic E-state index is 5.55. The average Bonchev–Trinajstić information content (AvgIpc) is 2.90. The summed E-state index contributed by atoms with van der Waals surface area (Å²) in [6.07, 6.45) is 6.45. The summed E-state index contributed by atoms with van der Waals surface area (Å²) in [5.41, 5.74) is 6.75. The fraction of sp³-hybridized carbons (Fsp3) is 0.417. The number of nitrogens with zero attached hydrogens (tertiary/aromatic N) is 3. The Labute approximate surface area is 101 Å². The van der Waals surface area contributed by atoms with Gasteiger partial charge >= 0.3 is 0 Å². The van der Waals surface area contributed by atoms with Gasteiger partial charge in [-0.15, -0.1) is 0 Å². The van der Waals surface area contributed by atoms with Crippen molar-refractivity contribution in [2.24, 2.45) is 0 Å². The first-order chi connectivity index (χ1) is 8.24. The number of rotatable bonds is 6. The monoisotopic (exact) mass is 234 g/mol. The molecule has 0 spiro atoms. The van der Waals surface area contributed by atoms with E-state index in [1.54, 1.807) is 12.5 Å². The van der Waals surface area contributed by atoms with Gasteiger partial charge in [0, 0.05) is 24.8 Å². The van der Waals surface area contributed by atoms with Crippen LogP contribution in [0.3, 0.4) is 0 Å². The standard InChI is InChI=1S/C12H18N4O/c1-15(9-11-4-8-17-10-11)5-2-6-16-7-3-12(13)14-16/h3-4,7-8,10H,2,5-6,9H2,1H3,(H2,13,14). The maximum atomic E-state index is 5.55. The molecule has 0 radical (unpaired) electrons. The Morgan fingerprint density at radius 3 is 3.00 bits per heavy atom. The van der Waals surface area contributed by atoms with Gasteiger partial charge in [-0.25, -0.2) is 0 Å². The molecule has 2 aromatic heterocycles. The Balaban J connectivity index is 1.68. The van der Waals surface area contributed by atoms with Crippen LogP contribution in [0.25, 0.3) is 0 Å². The first-order valence-electron chi connectivity index (χ1n) is 5.72. The van der Waals surface area contributed by atoms with Gasteiger partial charge < -0.3 is 15.1 Å². The molecule has 0 bridgehead atoms. The van der Waals surface area contributed by atoms with E-state index in [1.165, 1.54) is 5.56 Å². The topological polar surface area (TPSA) is 60.2 Å². The van der Waals surface area contributed by atoms with Gasteiger partial charge in [-0.1, -0.05) is 0 Å². The normalized spacial score (nSPS) is 11.2. The zero-order valence-electron chi connectivity index (χ0n) is 10.0. The summed E-state index contributed by atoms with van der Waals surface area (Å²) in [6.45, 7) is 2.83. The summed E-state index contributed by atoms with van der Waals surface area (Å²) in [5, 5.41) is 4.14. The van der Waals surface area contributed by atoms with E-state index in [1.807, 2.05) is 23.0 Å². The number of nitrogens with two attached hydrogens (primary N) is 1. The van der Waals surface area contributed by atoms with Crippen molar-refractivity contribution in [3.8, 4) is 0 Å². The van der Waals surface area contributed by atoms with Crippen molar-refractivity contribution in [2.45, 2.75) is 19.5 Å². The molecule has 0 atom stereocenters. The second-order valence-electron chi connectivity index (χ2n) is 4.23. The predicted octanol–water partition coefficient (Wildman–Crippen LogP) is 1.58. The zero-order valence-corrected chi connectivity index (χ0v) is 10.0. The van der Waals surface area contributed by atoms with E-state index in [9.17, 15) is 0 Å². The molecule has 0 aliphatic carbocycles. The summed E-state index contributed by atoms with van der Waals surface area (Å²) >= 11 is 0. The lowest BCUT2D eigenvalue weighted by Crippen LogP contribution is -2.20. The molecule has 0 aliphatic rings. The van der Waals surface area contributed by atoms with Gasteiger partial charge in [0.25, 0.3) is 0 Å². The van der Waals surface area contributed by atoms with Gasteiger partial charge in [0.15, 0.2) is 0 Å². The van der Waals surface area contributed by atoms with Crippen LogP contribution in [0.2, 0.25) is 0 Å². The first kappa shape index (κ1) is 11.7. The molecule has 0 saturated carbocycles. The van der Waals surface area contributed by atoms with Crippen LogP contribution in [0.15, 0.2) is 35.3 Å². The van der Waals surface area contributed by atoms with Gasteiger partial charge in [0.05, 0.1) is 12.5 Å². The molecule has 0 aliphatic heterocycles. The molecular formula is C12H18N4O. The summed E-state index contributed by atoms with van der Waals surface area (Å²) < 4.78 is 6.91. The molecule has 5 nitrogen and oxygen atoms in total. The molecule has 0 aromatic carbocycles. The molecule has 2 aromatic rings. The van der Waals surface area contributed by atoms with E-state index in [0.717, 1.165) is 26.1 Å². The number of hydrogen-bond donors (Lipinski definition) is 1. The highest BCUT2D eigenvalue weighted by Gasteiger charge is 2.01. The average molecular weight is 234 g/mol. The second-order valence-corrected chi connectivity index (χ2v) is 4.23. The maximum Gasteiger partial charge on any atom is 0.145 e. The molecule has 0 saturated heterocycles. The van der Waals surface area contributed by atoms with Gasteiger partial charge in [-0.2, -0.15) is 5.10 Å². The predicted molar refractivity (Wildman–Crippen MR) is 66.3 cm³/mol. The van der Waals surface area contributed by atoms with Gasteiger partial charge in [-0.05, 0) is 32.1 Å². The van der Waals surface area contributed by atoms with E-state index in [0.29, 0.717) is 5.82 Å². The third kappa shape index (κ3) is 3.64. The number of aromatic nitrogens is 2. The molecule has 92 valence electrons. The number of hydrogen-bond acceptors (Lipinski definition) is 4. The molecule has 0 amide bonds. The SMILES string of the molecule is CN(CCCn1ccc(N)n1)Cc1ccoc1. The fourth-order valence-electron chi connectivity index (χ4n) is 1.78. The molecule has 17 heavy (non-hydrogen) atoms. The first-order valence-corrected chi connectivity index (χ1v) is 5.72. The Kier molecular flexibility index (Phi) is 3.82. The molecule has 2 heterocycles. The van der Waals surface area contributed by atoms with Gasteiger partial charge in [0.1, 0.15) is 5.82 Å². The summed E-state index contributed by atoms with van der Waals surface area (Å²) in [5.74, 6) is 0.580. The van der Waals surface area contributed by atoms with Gasteiger partial charge in [-0.3, -0.25) is 4.68 Å². The largest absolute Gasteiger partial charge is 0.472 e. The van der Waals surface area contributed by atoms with Crippen LogP contribution in [0.4, 0.5) is 5.82 Å². The fourth-order valence-corrected chi connectivity index (χ4v) is 1.78. The summed E-state index contributed by atoms with van der Waals surface area (Å²) in [4.78, 5) is 2.26. The van der Waals surface area contributed by atoms with E-state index in [4.69, 9.17) is 10.2 Å². The van der Waals surface area contributed by atoms with Crippen molar-refractivity contribution in [2.75, 3.05) is 19.3 Å². The lowest BCUT2D eigenvalue weighted by atomic mass is 10.3. The highest BCUT2D eigenvalue weighted by atomic mass is 16.3. The molecule has 5 heteroatoms. The molecule has 2 rings (SSSR count). The third-order valence-corrected chi connectivity index (χ3v) is 2.62. The van der Waals surface area contributed by atoms with Gasteiger partial charge in [0.2, 0.25) is 0 Å². The minimum absolute atomic E-state index is 0.580. The lowest BCUT2D eigenvalue weighted by Gasteiger charge is -2.15. The Bertz CT molecular complexity index is 435. The van der Waals surface area contributed by atoms with E-state index >= 15 is 0 Å². The summed E-state index contributed by atoms with van der Waals surface area (Å²) in [7, 11) is 2.10. The van der Waals surface area contributed by atoms with E-state index in [-0.39, 0.29) is 0 Å². The number of anilines is 1. The number of nitrogen functional groups attached to an aromatic ring is 1. The third-order valence-electron chi connectivity index (χ3n) is 2.62. The van der Waals surface area contributed by atoms with Crippen molar-refractivity contribution in [1.82, 2.24) is 14.7 Å². The lowest BCUT2D eigenvalue weighted by molar-refractivity contribution is 0.310. The minimum Gasteiger partial charge on any atom is -0.472 e. The quantitative estimate of drug-likeness (QED) is 0.824. The van der Waals surface area contributed by atoms with Crippen molar-refractivity contribution in [3.05, 3.63) is 36.4 Å². The minimum atomic E-state index is 0.580. The van der Waals surface area contributed by atoms with Crippen molar-refractivity contribution in [1.29, 1.82) is 0 Å². The van der Waals surface area contributed by atoms with Crippen LogP contribution in [-0.2, 0) is 13.1 Å². The highest BCUT2D eigenvalue weighted by molar-refractivity contribution is 5.23. The van der Waals surface area contributed by atoms with Crippen molar-refractivity contribution in [3.63, 3.8) is 0 Å².